The number of rotatable bonds is 5. The van der Waals surface area contributed by atoms with Gasteiger partial charge in [-0.05, 0) is 51.1 Å². The van der Waals surface area contributed by atoms with Gasteiger partial charge in [-0.25, -0.2) is 8.42 Å². The quantitative estimate of drug-likeness (QED) is 0.763. The molecule has 23 heavy (non-hydrogen) atoms. The molecule has 1 atom stereocenters. The lowest BCUT2D eigenvalue weighted by Gasteiger charge is -2.29. The molecule has 0 bridgehead atoms. The maximum atomic E-state index is 12.4. The molecule has 1 aliphatic carbocycles. The van der Waals surface area contributed by atoms with E-state index >= 15 is 0 Å². The first-order valence-electron chi connectivity index (χ1n) is 9.26. The summed E-state index contributed by atoms with van der Waals surface area (Å²) in [5, 5.41) is -0.266. The number of piperidine rings is 1. The van der Waals surface area contributed by atoms with Crippen molar-refractivity contribution in [3.63, 3.8) is 0 Å². The van der Waals surface area contributed by atoms with E-state index in [1.165, 1.54) is 32.4 Å². The average molecular weight is 343 g/mol. The van der Waals surface area contributed by atoms with E-state index in [2.05, 4.69) is 4.90 Å². The van der Waals surface area contributed by atoms with Crippen molar-refractivity contribution in [2.75, 3.05) is 38.5 Å². The van der Waals surface area contributed by atoms with E-state index in [0.29, 0.717) is 5.92 Å². The highest BCUT2D eigenvalue weighted by atomic mass is 32.2. The summed E-state index contributed by atoms with van der Waals surface area (Å²) in [6.45, 7) is 4.91. The van der Waals surface area contributed by atoms with E-state index in [-0.39, 0.29) is 16.9 Å². The maximum absolute atomic E-state index is 12.4. The third-order valence-electron chi connectivity index (χ3n) is 5.74. The Morgan fingerprint density at radius 3 is 2.30 bits per heavy atom. The van der Waals surface area contributed by atoms with Crippen LogP contribution in [0.15, 0.2) is 0 Å². The smallest absolute Gasteiger partial charge is 0.237 e. The molecule has 2 saturated heterocycles. The van der Waals surface area contributed by atoms with Crippen LogP contribution in [0.3, 0.4) is 0 Å². The fraction of sp³-hybridized carbons (Fsp3) is 0.941. The summed E-state index contributed by atoms with van der Waals surface area (Å²) >= 11 is 0. The first kappa shape index (κ1) is 17.2. The molecule has 0 radical (unpaired) electrons. The monoisotopic (exact) mass is 342 g/mol. The van der Waals surface area contributed by atoms with Gasteiger partial charge >= 0.3 is 0 Å². The van der Waals surface area contributed by atoms with E-state index < -0.39 is 9.84 Å². The zero-order valence-electron chi connectivity index (χ0n) is 14.1. The molecule has 0 N–H and O–H groups in total. The van der Waals surface area contributed by atoms with E-state index in [0.717, 1.165) is 51.7 Å². The second kappa shape index (κ2) is 7.51. The van der Waals surface area contributed by atoms with Crippen molar-refractivity contribution < 1.29 is 13.2 Å². The Hall–Kier alpha value is -0.620. The van der Waals surface area contributed by atoms with Gasteiger partial charge in [0.1, 0.15) is 5.75 Å². The summed E-state index contributed by atoms with van der Waals surface area (Å²) in [5.41, 5.74) is 0. The second-order valence-corrected chi connectivity index (χ2v) is 9.85. The van der Waals surface area contributed by atoms with Crippen molar-refractivity contribution in [3.8, 4) is 0 Å². The van der Waals surface area contributed by atoms with E-state index in [1.807, 2.05) is 0 Å². The van der Waals surface area contributed by atoms with Crippen molar-refractivity contribution in [3.05, 3.63) is 0 Å². The Morgan fingerprint density at radius 1 is 0.913 bits per heavy atom. The van der Waals surface area contributed by atoms with Crippen LogP contribution in [0, 0.1) is 5.92 Å². The zero-order valence-corrected chi connectivity index (χ0v) is 14.9. The first-order chi connectivity index (χ1) is 11.0. The Kier molecular flexibility index (Phi) is 5.62. The molecule has 2 aliphatic heterocycles. The van der Waals surface area contributed by atoms with Crippen molar-refractivity contribution in [2.45, 2.75) is 56.6 Å². The summed E-state index contributed by atoms with van der Waals surface area (Å²) in [6, 6.07) is 0. The summed E-state index contributed by atoms with van der Waals surface area (Å²) < 4.78 is 24.7. The van der Waals surface area contributed by atoms with Crippen LogP contribution in [0.25, 0.3) is 0 Å². The molecule has 6 heteroatoms. The van der Waals surface area contributed by atoms with Crippen molar-refractivity contribution >= 4 is 15.7 Å². The topological polar surface area (TPSA) is 57.7 Å². The molecule has 3 rings (SSSR count). The molecule has 1 saturated carbocycles. The number of amides is 1. The van der Waals surface area contributed by atoms with Crippen LogP contribution in [-0.4, -0.2) is 67.9 Å². The third-order valence-corrected chi connectivity index (χ3v) is 7.87. The molecule has 1 amide bonds. The molecule has 5 nitrogen and oxygen atoms in total. The van der Waals surface area contributed by atoms with Crippen LogP contribution in [0.2, 0.25) is 0 Å². The van der Waals surface area contributed by atoms with Crippen LogP contribution in [0.4, 0.5) is 0 Å². The first-order valence-corrected chi connectivity index (χ1v) is 11.0. The molecule has 132 valence electrons. The molecule has 0 aromatic rings. The lowest BCUT2D eigenvalue weighted by atomic mass is 10.1. The van der Waals surface area contributed by atoms with Crippen molar-refractivity contribution in [1.29, 1.82) is 0 Å². The molecule has 3 fully saturated rings. The molecule has 0 aromatic carbocycles. The molecule has 0 aromatic heterocycles. The van der Waals surface area contributed by atoms with E-state index in [1.54, 1.807) is 4.90 Å². The van der Waals surface area contributed by atoms with Gasteiger partial charge in [0.05, 0.1) is 5.25 Å². The van der Waals surface area contributed by atoms with Gasteiger partial charge in [0.25, 0.3) is 0 Å². The number of carbonyl (C=O) groups is 1. The van der Waals surface area contributed by atoms with Gasteiger partial charge < -0.3 is 9.80 Å². The molecule has 0 unspecified atom stereocenters. The molecular formula is C17H30N2O3S. The van der Waals surface area contributed by atoms with Gasteiger partial charge in [0, 0.05) is 19.6 Å². The third kappa shape index (κ3) is 4.47. The lowest BCUT2D eigenvalue weighted by Crippen LogP contribution is -2.38. The van der Waals surface area contributed by atoms with Crippen molar-refractivity contribution in [1.82, 2.24) is 9.80 Å². The second-order valence-electron chi connectivity index (χ2n) is 7.57. The Morgan fingerprint density at radius 2 is 1.61 bits per heavy atom. The minimum atomic E-state index is -3.24. The fourth-order valence-corrected chi connectivity index (χ4v) is 6.16. The molecular weight excluding hydrogens is 312 g/mol. The zero-order chi connectivity index (χ0) is 16.3. The minimum Gasteiger partial charge on any atom is -0.341 e. The van der Waals surface area contributed by atoms with E-state index in [9.17, 15) is 13.2 Å². The van der Waals surface area contributed by atoms with Crippen LogP contribution < -0.4 is 0 Å². The number of carbonyl (C=O) groups excluding carboxylic acids is 1. The highest BCUT2D eigenvalue weighted by molar-refractivity contribution is 7.92. The summed E-state index contributed by atoms with van der Waals surface area (Å²) in [4.78, 5) is 16.7. The lowest BCUT2D eigenvalue weighted by molar-refractivity contribution is -0.127. The van der Waals surface area contributed by atoms with E-state index in [4.69, 9.17) is 0 Å². The predicted octanol–water partition coefficient (Wildman–Crippen LogP) is 1.68. The van der Waals surface area contributed by atoms with Crippen LogP contribution in [0.5, 0.6) is 0 Å². The summed E-state index contributed by atoms with van der Waals surface area (Å²) in [7, 11) is -3.24. The van der Waals surface area contributed by atoms with Gasteiger partial charge in [0.2, 0.25) is 5.91 Å². The Labute approximate surface area is 140 Å². The Bertz CT molecular complexity index is 508. The Balaban J connectivity index is 1.47. The van der Waals surface area contributed by atoms with Crippen molar-refractivity contribution in [2.24, 2.45) is 5.92 Å². The van der Waals surface area contributed by atoms with Gasteiger partial charge in [-0.15, -0.1) is 0 Å². The molecule has 3 aliphatic rings. The summed E-state index contributed by atoms with van der Waals surface area (Å²) in [5.74, 6) is 0.0814. The molecule has 0 spiro atoms. The van der Waals surface area contributed by atoms with Crippen LogP contribution >= 0.6 is 0 Å². The fourth-order valence-electron chi connectivity index (χ4n) is 4.34. The average Bonchev–Trinajstić information content (AvgIpc) is 3.19. The minimum absolute atomic E-state index is 0.168. The maximum Gasteiger partial charge on any atom is 0.237 e. The highest BCUT2D eigenvalue weighted by Crippen LogP contribution is 2.26. The van der Waals surface area contributed by atoms with Gasteiger partial charge in [0.15, 0.2) is 9.84 Å². The van der Waals surface area contributed by atoms with Crippen LogP contribution in [0.1, 0.15) is 51.4 Å². The SMILES string of the molecule is O=C(CS(=O)(=O)C1CCCC1)N1CC[C@H](CN2CCCCC2)C1. The standard InChI is InChI=1S/C17H30N2O3S/c20-17(14-23(21,22)16-6-2-3-7-16)19-11-8-15(13-19)12-18-9-4-1-5-10-18/h15-16H,1-14H2/t15-/m1/s1. The van der Waals surface area contributed by atoms with Gasteiger partial charge in [-0.2, -0.15) is 0 Å². The van der Waals surface area contributed by atoms with Crippen LogP contribution in [-0.2, 0) is 14.6 Å². The largest absolute Gasteiger partial charge is 0.341 e. The normalized spacial score (nSPS) is 27.7. The number of hydrogen-bond donors (Lipinski definition) is 0. The molecule has 2 heterocycles. The number of likely N-dealkylation sites (tertiary alicyclic amines) is 2. The number of hydrogen-bond acceptors (Lipinski definition) is 4. The summed E-state index contributed by atoms with van der Waals surface area (Å²) in [6.07, 6.45) is 8.39. The number of nitrogens with zero attached hydrogens (tertiary/aromatic N) is 2. The highest BCUT2D eigenvalue weighted by Gasteiger charge is 2.34. The number of sulfone groups is 1. The van der Waals surface area contributed by atoms with Gasteiger partial charge in [-0.3, -0.25) is 4.79 Å². The predicted molar refractivity (Wildman–Crippen MR) is 91.0 cm³/mol. The van der Waals surface area contributed by atoms with Gasteiger partial charge in [-0.1, -0.05) is 19.3 Å².